The highest BCUT2D eigenvalue weighted by atomic mass is 15.3. The van der Waals surface area contributed by atoms with Crippen LogP contribution < -0.4 is 5.32 Å². The SMILES string of the molecule is CC(C)c1cc(NC[C@@H](C)N2CCCC2)n2nccc2n1. The number of likely N-dealkylation sites (tertiary alicyclic amines) is 1. The number of fused-ring (bicyclic) bond motifs is 1. The molecule has 5 heteroatoms. The van der Waals surface area contributed by atoms with Crippen molar-refractivity contribution in [2.24, 2.45) is 0 Å². The van der Waals surface area contributed by atoms with Crippen molar-refractivity contribution >= 4 is 11.5 Å². The molecule has 2 aromatic rings. The third kappa shape index (κ3) is 3.02. The van der Waals surface area contributed by atoms with Gasteiger partial charge in [0, 0.05) is 30.4 Å². The monoisotopic (exact) mass is 287 g/mol. The first-order chi connectivity index (χ1) is 10.1. The Morgan fingerprint density at radius 2 is 2.00 bits per heavy atom. The minimum absolute atomic E-state index is 0.418. The van der Waals surface area contributed by atoms with E-state index < -0.39 is 0 Å². The van der Waals surface area contributed by atoms with Crippen LogP contribution in [0.2, 0.25) is 0 Å². The van der Waals surface area contributed by atoms with Gasteiger partial charge in [-0.25, -0.2) is 4.98 Å². The highest BCUT2D eigenvalue weighted by molar-refractivity contribution is 5.49. The van der Waals surface area contributed by atoms with Gasteiger partial charge in [0.1, 0.15) is 5.82 Å². The first-order valence-electron chi connectivity index (χ1n) is 7.98. The zero-order valence-corrected chi connectivity index (χ0v) is 13.2. The van der Waals surface area contributed by atoms with E-state index in [4.69, 9.17) is 0 Å². The Hall–Kier alpha value is -1.62. The Morgan fingerprint density at radius 3 is 2.71 bits per heavy atom. The van der Waals surface area contributed by atoms with Gasteiger partial charge in [-0.1, -0.05) is 13.8 Å². The summed E-state index contributed by atoms with van der Waals surface area (Å²) in [5.41, 5.74) is 2.02. The molecule has 0 amide bonds. The van der Waals surface area contributed by atoms with E-state index in [1.165, 1.54) is 25.9 Å². The third-order valence-electron chi connectivity index (χ3n) is 4.31. The van der Waals surface area contributed by atoms with E-state index in [-0.39, 0.29) is 0 Å². The molecular weight excluding hydrogens is 262 g/mol. The molecule has 3 rings (SSSR count). The van der Waals surface area contributed by atoms with Crippen LogP contribution in [0, 0.1) is 0 Å². The predicted octanol–water partition coefficient (Wildman–Crippen LogP) is 2.75. The number of hydrogen-bond acceptors (Lipinski definition) is 4. The minimum atomic E-state index is 0.418. The minimum Gasteiger partial charge on any atom is -0.368 e. The molecular formula is C16H25N5. The Kier molecular flexibility index (Phi) is 4.10. The lowest BCUT2D eigenvalue weighted by Crippen LogP contribution is -2.35. The summed E-state index contributed by atoms with van der Waals surface area (Å²) >= 11 is 0. The van der Waals surface area contributed by atoms with Gasteiger partial charge in [0.2, 0.25) is 0 Å². The van der Waals surface area contributed by atoms with Gasteiger partial charge in [-0.05, 0) is 38.8 Å². The molecule has 1 atom stereocenters. The van der Waals surface area contributed by atoms with Crippen molar-refractivity contribution in [3.8, 4) is 0 Å². The van der Waals surface area contributed by atoms with Crippen molar-refractivity contribution in [1.82, 2.24) is 19.5 Å². The van der Waals surface area contributed by atoms with Crippen LogP contribution in [0.15, 0.2) is 18.3 Å². The average molecular weight is 287 g/mol. The van der Waals surface area contributed by atoms with E-state index in [1.54, 1.807) is 0 Å². The average Bonchev–Trinajstić information content (AvgIpc) is 3.14. The Labute approximate surface area is 126 Å². The van der Waals surface area contributed by atoms with Crippen LogP contribution in [0.5, 0.6) is 0 Å². The zero-order valence-electron chi connectivity index (χ0n) is 13.2. The fraction of sp³-hybridized carbons (Fsp3) is 0.625. The molecule has 21 heavy (non-hydrogen) atoms. The maximum atomic E-state index is 4.65. The molecule has 1 aliphatic heterocycles. The standard InChI is InChI=1S/C16H25N5/c1-12(2)14-10-16(21-15(19-14)6-7-18-21)17-11-13(3)20-8-4-5-9-20/h6-7,10,12-13,17H,4-5,8-9,11H2,1-3H3/t13-/m1/s1. The Bertz CT molecular complexity index is 598. The van der Waals surface area contributed by atoms with Gasteiger partial charge in [-0.2, -0.15) is 9.61 Å². The van der Waals surface area contributed by atoms with Gasteiger partial charge in [-0.15, -0.1) is 0 Å². The van der Waals surface area contributed by atoms with E-state index in [9.17, 15) is 0 Å². The van der Waals surface area contributed by atoms with E-state index >= 15 is 0 Å². The van der Waals surface area contributed by atoms with Crippen molar-refractivity contribution in [1.29, 1.82) is 0 Å². The van der Waals surface area contributed by atoms with Crippen LogP contribution in [-0.4, -0.2) is 45.2 Å². The van der Waals surface area contributed by atoms with Gasteiger partial charge < -0.3 is 5.32 Å². The molecule has 114 valence electrons. The van der Waals surface area contributed by atoms with Crippen molar-refractivity contribution in [3.63, 3.8) is 0 Å². The predicted molar refractivity (Wildman–Crippen MR) is 85.8 cm³/mol. The van der Waals surface area contributed by atoms with Crippen molar-refractivity contribution in [3.05, 3.63) is 24.0 Å². The van der Waals surface area contributed by atoms with E-state index in [0.29, 0.717) is 12.0 Å². The van der Waals surface area contributed by atoms with Gasteiger partial charge >= 0.3 is 0 Å². The molecule has 0 radical (unpaired) electrons. The summed E-state index contributed by atoms with van der Waals surface area (Å²) in [5.74, 6) is 1.46. The highest BCUT2D eigenvalue weighted by Gasteiger charge is 2.18. The number of hydrogen-bond donors (Lipinski definition) is 1. The molecule has 1 aliphatic rings. The number of aromatic nitrogens is 3. The van der Waals surface area contributed by atoms with Gasteiger partial charge in [0.15, 0.2) is 5.65 Å². The second-order valence-corrected chi connectivity index (χ2v) is 6.30. The molecule has 0 bridgehead atoms. The third-order valence-corrected chi connectivity index (χ3v) is 4.31. The first-order valence-corrected chi connectivity index (χ1v) is 7.98. The molecule has 3 heterocycles. The number of anilines is 1. The lowest BCUT2D eigenvalue weighted by atomic mass is 10.1. The molecule has 0 unspecified atom stereocenters. The number of rotatable bonds is 5. The van der Waals surface area contributed by atoms with Gasteiger partial charge in [0.05, 0.1) is 6.20 Å². The largest absolute Gasteiger partial charge is 0.368 e. The fourth-order valence-electron chi connectivity index (χ4n) is 2.92. The molecule has 1 saturated heterocycles. The molecule has 1 N–H and O–H groups in total. The number of nitrogens with zero attached hydrogens (tertiary/aromatic N) is 4. The van der Waals surface area contributed by atoms with Crippen LogP contribution >= 0.6 is 0 Å². The Balaban J connectivity index is 1.77. The van der Waals surface area contributed by atoms with E-state index in [2.05, 4.69) is 47.1 Å². The topological polar surface area (TPSA) is 45.5 Å². The smallest absolute Gasteiger partial charge is 0.157 e. The van der Waals surface area contributed by atoms with Crippen LogP contribution in [-0.2, 0) is 0 Å². The Morgan fingerprint density at radius 1 is 1.24 bits per heavy atom. The van der Waals surface area contributed by atoms with Crippen molar-refractivity contribution < 1.29 is 0 Å². The molecule has 0 aromatic carbocycles. The van der Waals surface area contributed by atoms with Gasteiger partial charge in [-0.3, -0.25) is 4.90 Å². The lowest BCUT2D eigenvalue weighted by Gasteiger charge is -2.24. The van der Waals surface area contributed by atoms with E-state index in [0.717, 1.165) is 23.7 Å². The second kappa shape index (κ2) is 6.02. The van der Waals surface area contributed by atoms with Crippen LogP contribution in [0.4, 0.5) is 5.82 Å². The van der Waals surface area contributed by atoms with Crippen LogP contribution in [0.1, 0.15) is 45.2 Å². The summed E-state index contributed by atoms with van der Waals surface area (Å²) in [7, 11) is 0. The molecule has 0 spiro atoms. The summed E-state index contributed by atoms with van der Waals surface area (Å²) in [6.07, 6.45) is 4.47. The van der Waals surface area contributed by atoms with Crippen molar-refractivity contribution in [2.45, 2.75) is 45.6 Å². The number of nitrogens with one attached hydrogen (secondary N) is 1. The van der Waals surface area contributed by atoms with Crippen molar-refractivity contribution in [2.75, 3.05) is 25.0 Å². The molecule has 5 nitrogen and oxygen atoms in total. The van der Waals surface area contributed by atoms with Crippen LogP contribution in [0.3, 0.4) is 0 Å². The van der Waals surface area contributed by atoms with Crippen LogP contribution in [0.25, 0.3) is 5.65 Å². The summed E-state index contributed by atoms with van der Waals surface area (Å²) in [4.78, 5) is 7.20. The maximum Gasteiger partial charge on any atom is 0.157 e. The molecule has 0 saturated carbocycles. The van der Waals surface area contributed by atoms with E-state index in [1.807, 2.05) is 16.8 Å². The maximum absolute atomic E-state index is 4.65. The lowest BCUT2D eigenvalue weighted by molar-refractivity contribution is 0.269. The highest BCUT2D eigenvalue weighted by Crippen LogP contribution is 2.19. The molecule has 2 aromatic heterocycles. The second-order valence-electron chi connectivity index (χ2n) is 6.30. The summed E-state index contributed by atoms with van der Waals surface area (Å²) in [6.45, 7) is 10.0. The summed E-state index contributed by atoms with van der Waals surface area (Å²) in [5, 5.41) is 7.94. The summed E-state index contributed by atoms with van der Waals surface area (Å²) in [6, 6.07) is 4.64. The van der Waals surface area contributed by atoms with Gasteiger partial charge in [0.25, 0.3) is 0 Å². The zero-order chi connectivity index (χ0) is 14.8. The summed E-state index contributed by atoms with van der Waals surface area (Å²) < 4.78 is 1.89. The molecule has 1 fully saturated rings. The molecule has 0 aliphatic carbocycles. The first kappa shape index (κ1) is 14.3. The quantitative estimate of drug-likeness (QED) is 0.918. The fourth-order valence-corrected chi connectivity index (χ4v) is 2.92. The normalized spacial score (nSPS) is 17.7.